The number of benzene rings is 2. The van der Waals surface area contributed by atoms with E-state index in [1.807, 2.05) is 6.07 Å². The minimum absolute atomic E-state index is 0.275. The Morgan fingerprint density at radius 1 is 1.07 bits per heavy atom. The van der Waals surface area contributed by atoms with Crippen molar-refractivity contribution in [1.29, 1.82) is 0 Å². The van der Waals surface area contributed by atoms with Crippen LogP contribution in [0.4, 0.5) is 5.69 Å². The molecule has 0 radical (unpaired) electrons. The molecule has 0 spiro atoms. The highest BCUT2D eigenvalue weighted by atomic mass is 35.5. The van der Waals surface area contributed by atoms with Crippen molar-refractivity contribution < 1.29 is 23.8 Å². The van der Waals surface area contributed by atoms with Gasteiger partial charge in [-0.3, -0.25) is 4.79 Å². The maximum Gasteiger partial charge on any atom is 0.337 e. The van der Waals surface area contributed by atoms with Gasteiger partial charge in [0.25, 0.3) is 0 Å². The summed E-state index contributed by atoms with van der Waals surface area (Å²) < 4.78 is 15.8. The number of esters is 1. The Labute approximate surface area is 162 Å². The molecule has 3 rings (SSSR count). The molecule has 0 unspecified atom stereocenters. The average molecular weight is 390 g/mol. The van der Waals surface area contributed by atoms with E-state index in [2.05, 4.69) is 5.32 Å². The van der Waals surface area contributed by atoms with Crippen LogP contribution in [0.1, 0.15) is 29.8 Å². The molecule has 2 aromatic rings. The van der Waals surface area contributed by atoms with Crippen molar-refractivity contribution in [2.75, 3.05) is 25.6 Å². The van der Waals surface area contributed by atoms with Crippen LogP contribution in [0.5, 0.6) is 11.5 Å². The standard InChI is InChI=1S/C20H20ClNO5/c1-20(2,13-5-7-16-17(11-13)27-9-8-26-16)19(24)22-15-10-12(18(23)25-3)4-6-14(15)21/h4-7,10-11H,8-9H2,1-3H3,(H,22,24). The number of halogens is 1. The van der Waals surface area contributed by atoms with Crippen molar-refractivity contribution in [1.82, 2.24) is 0 Å². The summed E-state index contributed by atoms with van der Waals surface area (Å²) >= 11 is 6.18. The normalized spacial score (nSPS) is 13.0. The molecule has 142 valence electrons. The van der Waals surface area contributed by atoms with Crippen molar-refractivity contribution in [2.24, 2.45) is 0 Å². The predicted molar refractivity (Wildman–Crippen MR) is 102 cm³/mol. The highest BCUT2D eigenvalue weighted by Gasteiger charge is 2.32. The summed E-state index contributed by atoms with van der Waals surface area (Å²) in [6, 6.07) is 10.0. The number of carbonyl (C=O) groups excluding carboxylic acids is 2. The monoisotopic (exact) mass is 389 g/mol. The lowest BCUT2D eigenvalue weighted by molar-refractivity contribution is -0.120. The SMILES string of the molecule is COC(=O)c1ccc(Cl)c(NC(=O)C(C)(C)c2ccc3c(c2)OCCO3)c1. The molecule has 0 fully saturated rings. The lowest BCUT2D eigenvalue weighted by Gasteiger charge is -2.27. The lowest BCUT2D eigenvalue weighted by Crippen LogP contribution is -2.35. The van der Waals surface area contributed by atoms with E-state index in [4.69, 9.17) is 25.8 Å². The second kappa shape index (κ2) is 7.48. The van der Waals surface area contributed by atoms with Crippen LogP contribution in [0.15, 0.2) is 36.4 Å². The molecular weight excluding hydrogens is 370 g/mol. The fourth-order valence-corrected chi connectivity index (χ4v) is 2.87. The zero-order valence-corrected chi connectivity index (χ0v) is 16.1. The van der Waals surface area contributed by atoms with Gasteiger partial charge in [0.05, 0.1) is 28.8 Å². The van der Waals surface area contributed by atoms with E-state index >= 15 is 0 Å². The molecule has 7 heteroatoms. The van der Waals surface area contributed by atoms with Gasteiger partial charge in [0.1, 0.15) is 13.2 Å². The summed E-state index contributed by atoms with van der Waals surface area (Å²) in [5, 5.41) is 3.13. The molecule has 1 N–H and O–H groups in total. The molecule has 0 aliphatic carbocycles. The van der Waals surface area contributed by atoms with Gasteiger partial charge in [0, 0.05) is 0 Å². The topological polar surface area (TPSA) is 73.9 Å². The fraction of sp³-hybridized carbons (Fsp3) is 0.300. The van der Waals surface area contributed by atoms with Gasteiger partial charge in [0.2, 0.25) is 5.91 Å². The first-order valence-electron chi connectivity index (χ1n) is 8.42. The number of ether oxygens (including phenoxy) is 3. The quantitative estimate of drug-likeness (QED) is 0.805. The van der Waals surface area contributed by atoms with Crippen LogP contribution < -0.4 is 14.8 Å². The number of methoxy groups -OCH3 is 1. The summed E-state index contributed by atoms with van der Waals surface area (Å²) in [7, 11) is 1.29. The minimum atomic E-state index is -0.875. The molecule has 0 aromatic heterocycles. The van der Waals surface area contributed by atoms with Gasteiger partial charge in [-0.05, 0) is 49.7 Å². The minimum Gasteiger partial charge on any atom is -0.486 e. The van der Waals surface area contributed by atoms with Crippen LogP contribution >= 0.6 is 11.6 Å². The Hall–Kier alpha value is -2.73. The number of fused-ring (bicyclic) bond motifs is 1. The van der Waals surface area contributed by atoms with Crippen LogP contribution in [-0.4, -0.2) is 32.2 Å². The highest BCUT2D eigenvalue weighted by Crippen LogP contribution is 2.36. The first-order valence-corrected chi connectivity index (χ1v) is 8.80. The second-order valence-electron chi connectivity index (χ2n) is 6.62. The van der Waals surface area contributed by atoms with E-state index in [1.54, 1.807) is 32.0 Å². The second-order valence-corrected chi connectivity index (χ2v) is 7.03. The van der Waals surface area contributed by atoms with Gasteiger partial charge >= 0.3 is 5.97 Å². The van der Waals surface area contributed by atoms with E-state index in [0.717, 1.165) is 5.56 Å². The van der Waals surface area contributed by atoms with E-state index in [0.29, 0.717) is 41.0 Å². The average Bonchev–Trinajstić information content (AvgIpc) is 2.68. The van der Waals surface area contributed by atoms with Gasteiger partial charge in [-0.2, -0.15) is 0 Å². The van der Waals surface area contributed by atoms with Crippen LogP contribution in [0.3, 0.4) is 0 Å². The first kappa shape index (κ1) is 19.0. The van der Waals surface area contributed by atoms with Gasteiger partial charge in [-0.25, -0.2) is 4.79 Å². The Bertz CT molecular complexity index is 894. The first-order chi connectivity index (χ1) is 12.8. The number of hydrogen-bond donors (Lipinski definition) is 1. The van der Waals surface area contributed by atoms with Crippen molar-refractivity contribution in [3.05, 3.63) is 52.5 Å². The Balaban J connectivity index is 1.86. The van der Waals surface area contributed by atoms with Crippen LogP contribution in [0.25, 0.3) is 0 Å². The van der Waals surface area contributed by atoms with Crippen molar-refractivity contribution in [3.8, 4) is 11.5 Å². The van der Waals surface area contributed by atoms with Gasteiger partial charge in [-0.15, -0.1) is 0 Å². The number of nitrogens with one attached hydrogen (secondary N) is 1. The number of amides is 1. The summed E-state index contributed by atoms with van der Waals surface area (Å²) in [4.78, 5) is 24.7. The van der Waals surface area contributed by atoms with Crippen molar-refractivity contribution >= 4 is 29.2 Å². The fourth-order valence-electron chi connectivity index (χ4n) is 2.71. The molecule has 0 saturated heterocycles. The maximum absolute atomic E-state index is 12.9. The Kier molecular flexibility index (Phi) is 5.28. The molecule has 0 atom stereocenters. The third-order valence-electron chi connectivity index (χ3n) is 4.47. The third kappa shape index (κ3) is 3.85. The van der Waals surface area contributed by atoms with Crippen LogP contribution in [0.2, 0.25) is 5.02 Å². The number of carbonyl (C=O) groups is 2. The largest absolute Gasteiger partial charge is 0.486 e. The number of rotatable bonds is 4. The Morgan fingerprint density at radius 3 is 2.48 bits per heavy atom. The van der Waals surface area contributed by atoms with Crippen LogP contribution in [0, 0.1) is 0 Å². The lowest BCUT2D eigenvalue weighted by atomic mass is 9.83. The van der Waals surface area contributed by atoms with E-state index in [-0.39, 0.29) is 5.91 Å². The number of hydrogen-bond acceptors (Lipinski definition) is 5. The third-order valence-corrected chi connectivity index (χ3v) is 4.80. The van der Waals surface area contributed by atoms with E-state index < -0.39 is 11.4 Å². The molecule has 2 aromatic carbocycles. The van der Waals surface area contributed by atoms with Crippen molar-refractivity contribution in [2.45, 2.75) is 19.3 Å². The predicted octanol–water partition coefficient (Wildman–Crippen LogP) is 3.81. The van der Waals surface area contributed by atoms with Gasteiger partial charge in [-0.1, -0.05) is 17.7 Å². The maximum atomic E-state index is 12.9. The molecule has 6 nitrogen and oxygen atoms in total. The molecule has 0 bridgehead atoms. The summed E-state index contributed by atoms with van der Waals surface area (Å²) in [6.45, 7) is 4.57. The number of anilines is 1. The van der Waals surface area contributed by atoms with Gasteiger partial charge in [0.15, 0.2) is 11.5 Å². The zero-order valence-electron chi connectivity index (χ0n) is 15.3. The smallest absolute Gasteiger partial charge is 0.337 e. The molecule has 27 heavy (non-hydrogen) atoms. The van der Waals surface area contributed by atoms with E-state index in [1.165, 1.54) is 19.2 Å². The molecule has 1 amide bonds. The summed E-state index contributed by atoms with van der Waals surface area (Å²) in [5.41, 5.74) is 0.537. The molecular formula is C20H20ClNO5. The van der Waals surface area contributed by atoms with Crippen molar-refractivity contribution in [3.63, 3.8) is 0 Å². The van der Waals surface area contributed by atoms with Gasteiger partial charge < -0.3 is 19.5 Å². The molecule has 1 heterocycles. The molecule has 0 saturated carbocycles. The summed E-state index contributed by atoms with van der Waals surface area (Å²) in [5.74, 6) is 0.497. The van der Waals surface area contributed by atoms with Crippen LogP contribution in [-0.2, 0) is 14.9 Å². The summed E-state index contributed by atoms with van der Waals surface area (Å²) in [6.07, 6.45) is 0. The Morgan fingerprint density at radius 2 is 1.78 bits per heavy atom. The zero-order chi connectivity index (χ0) is 19.6. The van der Waals surface area contributed by atoms with E-state index in [9.17, 15) is 9.59 Å². The highest BCUT2D eigenvalue weighted by molar-refractivity contribution is 6.34. The molecule has 1 aliphatic heterocycles. The molecule has 1 aliphatic rings.